The highest BCUT2D eigenvalue weighted by atomic mass is 79.9. The van der Waals surface area contributed by atoms with E-state index in [0.717, 1.165) is 28.8 Å². The maximum Gasteiger partial charge on any atom is 0.272 e. The average Bonchev–Trinajstić information content (AvgIpc) is 3.22. The van der Waals surface area contributed by atoms with Crippen LogP contribution in [0.2, 0.25) is 0 Å². The molecule has 1 heterocycles. The maximum atomic E-state index is 12.5. The third kappa shape index (κ3) is 3.29. The van der Waals surface area contributed by atoms with Crippen LogP contribution in [-0.2, 0) is 0 Å². The van der Waals surface area contributed by atoms with Crippen molar-refractivity contribution in [2.45, 2.75) is 25.8 Å². The first kappa shape index (κ1) is 14.2. The number of benzene rings is 1. The molecule has 1 amide bonds. The third-order valence-electron chi connectivity index (χ3n) is 3.39. The van der Waals surface area contributed by atoms with E-state index in [1.54, 1.807) is 0 Å². The lowest BCUT2D eigenvalue weighted by molar-refractivity contribution is 0.101. The Labute approximate surface area is 132 Å². The minimum atomic E-state index is -0.0961. The second-order valence-electron chi connectivity index (χ2n) is 5.10. The molecule has 0 unspecified atom stereocenters. The minimum Gasteiger partial charge on any atom is -0.494 e. The molecule has 1 aliphatic rings. The Morgan fingerprint density at radius 3 is 2.95 bits per heavy atom. The van der Waals surface area contributed by atoms with Crippen molar-refractivity contribution >= 4 is 27.5 Å². The lowest BCUT2D eigenvalue weighted by Gasteiger charge is -2.10. The lowest BCUT2D eigenvalue weighted by Crippen LogP contribution is -2.16. The van der Waals surface area contributed by atoms with Crippen molar-refractivity contribution in [1.82, 2.24) is 4.57 Å². The van der Waals surface area contributed by atoms with Crippen LogP contribution in [0.25, 0.3) is 0 Å². The van der Waals surface area contributed by atoms with Crippen molar-refractivity contribution in [1.29, 1.82) is 0 Å². The van der Waals surface area contributed by atoms with E-state index in [2.05, 4.69) is 21.2 Å². The molecule has 110 valence electrons. The molecule has 0 saturated heterocycles. The highest BCUT2D eigenvalue weighted by Gasteiger charge is 2.27. The molecule has 3 rings (SSSR count). The van der Waals surface area contributed by atoms with Crippen LogP contribution in [-0.4, -0.2) is 17.1 Å². The van der Waals surface area contributed by atoms with Crippen LogP contribution < -0.4 is 10.1 Å². The number of nitrogens with zero attached hydrogens (tertiary/aromatic N) is 1. The van der Waals surface area contributed by atoms with Gasteiger partial charge in [-0.3, -0.25) is 4.79 Å². The molecule has 0 radical (unpaired) electrons. The summed E-state index contributed by atoms with van der Waals surface area (Å²) in [4.78, 5) is 12.5. The highest BCUT2D eigenvalue weighted by molar-refractivity contribution is 9.10. The van der Waals surface area contributed by atoms with Gasteiger partial charge in [-0.05, 0) is 53.9 Å². The fourth-order valence-corrected chi connectivity index (χ4v) is 2.75. The van der Waals surface area contributed by atoms with E-state index < -0.39 is 0 Å². The van der Waals surface area contributed by atoms with Crippen molar-refractivity contribution in [3.8, 4) is 5.75 Å². The highest BCUT2D eigenvalue weighted by Crippen LogP contribution is 2.37. The summed E-state index contributed by atoms with van der Waals surface area (Å²) >= 11 is 3.44. The second kappa shape index (κ2) is 5.93. The number of carbonyl (C=O) groups is 1. The van der Waals surface area contributed by atoms with Gasteiger partial charge in [0.05, 0.1) is 6.61 Å². The number of halogens is 1. The van der Waals surface area contributed by atoms with Crippen molar-refractivity contribution < 1.29 is 9.53 Å². The van der Waals surface area contributed by atoms with Crippen LogP contribution >= 0.6 is 15.9 Å². The molecule has 0 bridgehead atoms. The number of ether oxygens (including phenoxy) is 1. The topological polar surface area (TPSA) is 43.3 Å². The third-order valence-corrected chi connectivity index (χ3v) is 3.82. The molecule has 1 fully saturated rings. The summed E-state index contributed by atoms with van der Waals surface area (Å²) in [6.45, 7) is 2.54. The van der Waals surface area contributed by atoms with Gasteiger partial charge in [0.2, 0.25) is 0 Å². The van der Waals surface area contributed by atoms with Gasteiger partial charge in [-0.2, -0.15) is 0 Å². The molecule has 0 spiro atoms. The monoisotopic (exact) mass is 348 g/mol. The summed E-state index contributed by atoms with van der Waals surface area (Å²) in [5, 5.41) is 2.93. The van der Waals surface area contributed by atoms with Crippen molar-refractivity contribution in [2.24, 2.45) is 0 Å². The van der Waals surface area contributed by atoms with Crippen LogP contribution in [0.4, 0.5) is 5.69 Å². The van der Waals surface area contributed by atoms with Crippen LogP contribution in [0.15, 0.2) is 41.0 Å². The number of carbonyl (C=O) groups excluding carboxylic acids is 1. The minimum absolute atomic E-state index is 0.0961. The normalized spacial score (nSPS) is 14.0. The van der Waals surface area contributed by atoms with E-state index in [0.29, 0.717) is 18.3 Å². The molecule has 5 heteroatoms. The smallest absolute Gasteiger partial charge is 0.272 e. The molecule has 4 nitrogen and oxygen atoms in total. The Kier molecular flexibility index (Phi) is 4.01. The molecule has 21 heavy (non-hydrogen) atoms. The number of rotatable bonds is 5. The first-order valence-corrected chi connectivity index (χ1v) is 7.88. The van der Waals surface area contributed by atoms with Gasteiger partial charge < -0.3 is 14.6 Å². The number of aromatic nitrogens is 1. The molecule has 2 aromatic rings. The molecule has 0 aliphatic heterocycles. The maximum absolute atomic E-state index is 12.5. The fraction of sp³-hybridized carbons (Fsp3) is 0.312. The Hall–Kier alpha value is -1.75. The van der Waals surface area contributed by atoms with E-state index in [1.807, 2.05) is 48.0 Å². The van der Waals surface area contributed by atoms with E-state index >= 15 is 0 Å². The van der Waals surface area contributed by atoms with E-state index in [-0.39, 0.29) is 5.91 Å². The fourth-order valence-electron chi connectivity index (χ4n) is 2.31. The first-order chi connectivity index (χ1) is 10.2. The number of hydrogen-bond donors (Lipinski definition) is 1. The van der Waals surface area contributed by atoms with Gasteiger partial charge in [-0.25, -0.2) is 0 Å². The molecule has 1 saturated carbocycles. The van der Waals surface area contributed by atoms with Gasteiger partial charge >= 0.3 is 0 Å². The van der Waals surface area contributed by atoms with Gasteiger partial charge in [-0.15, -0.1) is 0 Å². The van der Waals surface area contributed by atoms with Crippen molar-refractivity contribution in [3.63, 3.8) is 0 Å². The zero-order chi connectivity index (χ0) is 14.8. The number of nitrogens with one attached hydrogen (secondary N) is 1. The predicted molar refractivity (Wildman–Crippen MR) is 86.0 cm³/mol. The summed E-state index contributed by atoms with van der Waals surface area (Å²) in [6.07, 6.45) is 4.26. The Balaban J connectivity index is 1.78. The Morgan fingerprint density at radius 1 is 1.43 bits per heavy atom. The van der Waals surface area contributed by atoms with Gasteiger partial charge in [0.25, 0.3) is 5.91 Å². The van der Waals surface area contributed by atoms with Crippen molar-refractivity contribution in [2.75, 3.05) is 11.9 Å². The summed E-state index contributed by atoms with van der Waals surface area (Å²) in [6, 6.07) is 9.77. The van der Waals surface area contributed by atoms with Crippen LogP contribution in [0.5, 0.6) is 5.75 Å². The van der Waals surface area contributed by atoms with Crippen LogP contribution in [0, 0.1) is 0 Å². The molecular weight excluding hydrogens is 332 g/mol. The second-order valence-corrected chi connectivity index (χ2v) is 6.01. The molecule has 1 aromatic heterocycles. The Morgan fingerprint density at radius 2 is 2.24 bits per heavy atom. The van der Waals surface area contributed by atoms with Gasteiger partial charge in [0.15, 0.2) is 0 Å². The van der Waals surface area contributed by atoms with E-state index in [4.69, 9.17) is 4.74 Å². The SMILES string of the molecule is CCOc1cccc(NC(=O)c2cc(Br)cn2C2CC2)c1. The van der Waals surface area contributed by atoms with Crippen molar-refractivity contribution in [3.05, 3.63) is 46.7 Å². The molecule has 0 atom stereocenters. The van der Waals surface area contributed by atoms with Crippen LogP contribution in [0.3, 0.4) is 0 Å². The Bertz CT molecular complexity index is 662. The number of amides is 1. The molecule has 1 N–H and O–H groups in total. The molecular formula is C16H17BrN2O2. The zero-order valence-corrected chi connectivity index (χ0v) is 13.4. The molecule has 1 aromatic carbocycles. The summed E-state index contributed by atoms with van der Waals surface area (Å²) in [7, 11) is 0. The number of hydrogen-bond acceptors (Lipinski definition) is 2. The standard InChI is InChI=1S/C16H17BrN2O2/c1-2-21-14-5-3-4-12(9-14)18-16(20)15-8-11(17)10-19(15)13-6-7-13/h3-5,8-10,13H,2,6-7H2,1H3,(H,18,20). The van der Waals surface area contributed by atoms with E-state index in [1.165, 1.54) is 0 Å². The first-order valence-electron chi connectivity index (χ1n) is 7.09. The summed E-state index contributed by atoms with van der Waals surface area (Å²) < 4.78 is 8.43. The van der Waals surface area contributed by atoms with E-state index in [9.17, 15) is 4.79 Å². The average molecular weight is 349 g/mol. The van der Waals surface area contributed by atoms with Crippen LogP contribution in [0.1, 0.15) is 36.3 Å². The summed E-state index contributed by atoms with van der Waals surface area (Å²) in [5.74, 6) is 0.662. The predicted octanol–water partition coefficient (Wildman–Crippen LogP) is 4.24. The zero-order valence-electron chi connectivity index (χ0n) is 11.8. The largest absolute Gasteiger partial charge is 0.494 e. The van der Waals surface area contributed by atoms with Gasteiger partial charge in [0, 0.05) is 28.5 Å². The molecule has 1 aliphatic carbocycles. The summed E-state index contributed by atoms with van der Waals surface area (Å²) in [5.41, 5.74) is 1.43. The van der Waals surface area contributed by atoms with Gasteiger partial charge in [-0.1, -0.05) is 6.07 Å². The number of anilines is 1. The quantitative estimate of drug-likeness (QED) is 0.878. The lowest BCUT2D eigenvalue weighted by atomic mass is 10.3. The van der Waals surface area contributed by atoms with Gasteiger partial charge in [0.1, 0.15) is 11.4 Å².